The number of phosphoric ester groups is 1. The Labute approximate surface area is 185 Å². The van der Waals surface area contributed by atoms with Gasteiger partial charge in [0, 0.05) is 11.8 Å². The van der Waals surface area contributed by atoms with Crippen LogP contribution in [0.25, 0.3) is 0 Å². The molecule has 33 heavy (non-hydrogen) atoms. The van der Waals surface area contributed by atoms with Crippen LogP contribution in [-0.2, 0) is 25.0 Å². The minimum absolute atomic E-state index is 0.0786. The van der Waals surface area contributed by atoms with Gasteiger partial charge in [0.25, 0.3) is 11.4 Å². The minimum Gasteiger partial charge on any atom is -0.493 e. The van der Waals surface area contributed by atoms with Gasteiger partial charge < -0.3 is 24.2 Å². The van der Waals surface area contributed by atoms with E-state index in [1.165, 1.54) is 7.11 Å². The summed E-state index contributed by atoms with van der Waals surface area (Å²) in [6.45, 7) is -1.40. The maximum absolute atomic E-state index is 15.4. The van der Waals surface area contributed by atoms with Crippen LogP contribution in [0.2, 0.25) is 0 Å². The van der Waals surface area contributed by atoms with Gasteiger partial charge in [0.05, 0.1) is 13.7 Å². The highest BCUT2D eigenvalue weighted by Crippen LogP contribution is 2.57. The van der Waals surface area contributed by atoms with Gasteiger partial charge in [0.15, 0.2) is 17.7 Å². The Hall–Kier alpha value is -2.98. The second kappa shape index (κ2) is 8.42. The highest BCUT2D eigenvalue weighted by Gasteiger charge is 2.57. The first-order valence-electron chi connectivity index (χ1n) is 9.40. The van der Waals surface area contributed by atoms with Crippen molar-refractivity contribution in [3.05, 3.63) is 56.4 Å². The van der Waals surface area contributed by atoms with Gasteiger partial charge in [-0.1, -0.05) is 18.1 Å². The Balaban J connectivity index is 1.55. The van der Waals surface area contributed by atoms with Crippen LogP contribution in [0.4, 0.5) is 4.39 Å². The molecule has 1 saturated heterocycles. The van der Waals surface area contributed by atoms with Gasteiger partial charge in [-0.15, -0.1) is 6.42 Å². The summed E-state index contributed by atoms with van der Waals surface area (Å²) < 4.78 is 54.5. The van der Waals surface area contributed by atoms with Gasteiger partial charge in [-0.2, -0.15) is 0 Å². The first-order chi connectivity index (χ1) is 15.6. The Bertz CT molecular complexity index is 1270. The number of hydrogen-bond acceptors (Lipinski definition) is 10. The molecule has 2 aromatic rings. The number of phosphoric acid groups is 1. The van der Waals surface area contributed by atoms with Crippen LogP contribution in [-0.4, -0.2) is 51.5 Å². The Morgan fingerprint density at radius 2 is 2.18 bits per heavy atom. The number of aromatic nitrogens is 2. The number of benzene rings is 1. The molecule has 5 atom stereocenters. The van der Waals surface area contributed by atoms with Crippen molar-refractivity contribution in [3.8, 4) is 23.8 Å². The van der Waals surface area contributed by atoms with E-state index in [2.05, 4.69) is 0 Å². The maximum atomic E-state index is 15.4. The van der Waals surface area contributed by atoms with Gasteiger partial charge in [-0.3, -0.25) is 23.4 Å². The van der Waals surface area contributed by atoms with Crippen LogP contribution in [0, 0.1) is 12.3 Å². The number of H-pyrrole nitrogens is 1. The van der Waals surface area contributed by atoms with Crippen molar-refractivity contribution in [2.45, 2.75) is 30.9 Å². The van der Waals surface area contributed by atoms with Crippen molar-refractivity contribution in [3.63, 3.8) is 0 Å². The van der Waals surface area contributed by atoms with Crippen molar-refractivity contribution >= 4 is 7.82 Å². The van der Waals surface area contributed by atoms with E-state index >= 15 is 4.39 Å². The number of nitrogens with one attached hydrogen (secondary N) is 1. The molecule has 2 aliphatic heterocycles. The van der Waals surface area contributed by atoms with Crippen molar-refractivity contribution in [1.29, 1.82) is 0 Å². The monoisotopic (exact) mass is 484 g/mol. The topological polar surface area (TPSA) is 159 Å². The number of alkyl halides is 1. The van der Waals surface area contributed by atoms with Gasteiger partial charge in [0.1, 0.15) is 24.4 Å². The number of nitrogens with zero attached hydrogens (tertiary/aromatic N) is 1. The number of aromatic amines is 1. The molecule has 0 radical (unpaired) electrons. The standard InChI is InChI=1S/C19H18FN2O10P/c1-3-10-7-22(18(26)21-16(10)25)17-13(23)15(24)19(20,31-17)9-30-33(27)29-8-11-5-4-6-12(28-2)14(11)32-33/h1,4-7,13,15,17,23-24H,8-9H2,2H3,(H,21,25,26)/t13-,15+,17-,19-,33?/m1/s1. The molecule has 0 bridgehead atoms. The van der Waals surface area contributed by atoms with Crippen LogP contribution in [0.3, 0.4) is 0 Å². The molecule has 0 saturated carbocycles. The third-order valence-corrected chi connectivity index (χ3v) is 6.35. The number of para-hydroxylation sites is 1. The van der Waals surface area contributed by atoms with E-state index in [-0.39, 0.29) is 23.7 Å². The predicted molar refractivity (Wildman–Crippen MR) is 107 cm³/mol. The average Bonchev–Trinajstić information content (AvgIpc) is 3.02. The Morgan fingerprint density at radius 3 is 2.88 bits per heavy atom. The number of ether oxygens (including phenoxy) is 2. The molecule has 0 amide bonds. The first-order valence-corrected chi connectivity index (χ1v) is 10.9. The maximum Gasteiger partial charge on any atom is 0.530 e. The van der Waals surface area contributed by atoms with E-state index in [0.717, 1.165) is 6.20 Å². The summed E-state index contributed by atoms with van der Waals surface area (Å²) in [5.74, 6) is -0.797. The SMILES string of the molecule is C#Cc1cn([C@@H]2O[C@](F)(COP3(=O)OCc4cccc(OC)c4O3)[C@@H](O)[C@H]2O)c(=O)[nH]c1=O. The number of aliphatic hydroxyl groups is 2. The van der Waals surface area contributed by atoms with Gasteiger partial charge >= 0.3 is 13.5 Å². The second-order valence-corrected chi connectivity index (χ2v) is 8.71. The third-order valence-electron chi connectivity index (χ3n) is 5.05. The Morgan fingerprint density at radius 1 is 1.42 bits per heavy atom. The lowest BCUT2D eigenvalue weighted by atomic mass is 10.1. The van der Waals surface area contributed by atoms with Gasteiger partial charge in [0.2, 0.25) is 0 Å². The van der Waals surface area contributed by atoms with Crippen LogP contribution in [0.1, 0.15) is 17.4 Å². The molecule has 1 unspecified atom stereocenters. The molecule has 1 fully saturated rings. The van der Waals surface area contributed by atoms with E-state index in [1.54, 1.807) is 18.2 Å². The zero-order valence-electron chi connectivity index (χ0n) is 17.0. The summed E-state index contributed by atoms with van der Waals surface area (Å²) in [7, 11) is -3.02. The normalized spacial score (nSPS) is 30.8. The molecule has 1 aromatic carbocycles. The molecule has 3 N–H and O–H groups in total. The molecular weight excluding hydrogens is 466 g/mol. The molecule has 176 valence electrons. The summed E-state index contributed by atoms with van der Waals surface area (Å²) >= 11 is 0. The fourth-order valence-corrected chi connectivity index (χ4v) is 4.57. The molecule has 12 nitrogen and oxygen atoms in total. The van der Waals surface area contributed by atoms with Crippen molar-refractivity contribution in [1.82, 2.24) is 9.55 Å². The molecule has 2 aliphatic rings. The van der Waals surface area contributed by atoms with E-state index in [0.29, 0.717) is 10.1 Å². The molecule has 0 spiro atoms. The highest BCUT2D eigenvalue weighted by molar-refractivity contribution is 7.49. The van der Waals surface area contributed by atoms with Gasteiger partial charge in [-0.25, -0.2) is 13.8 Å². The minimum atomic E-state index is -4.38. The summed E-state index contributed by atoms with van der Waals surface area (Å²) in [4.78, 5) is 25.6. The summed E-state index contributed by atoms with van der Waals surface area (Å²) in [6, 6.07) is 4.84. The van der Waals surface area contributed by atoms with E-state index in [4.69, 9.17) is 29.5 Å². The molecular formula is C19H18FN2O10P. The smallest absolute Gasteiger partial charge is 0.493 e. The molecule has 4 rings (SSSR count). The molecule has 0 aliphatic carbocycles. The van der Waals surface area contributed by atoms with Crippen molar-refractivity contribution in [2.75, 3.05) is 13.7 Å². The number of fused-ring (bicyclic) bond motifs is 1. The van der Waals surface area contributed by atoms with E-state index in [9.17, 15) is 24.4 Å². The number of hydrogen-bond donors (Lipinski definition) is 3. The number of rotatable bonds is 5. The average molecular weight is 484 g/mol. The lowest BCUT2D eigenvalue weighted by Gasteiger charge is -2.28. The lowest BCUT2D eigenvalue weighted by molar-refractivity contribution is -0.205. The number of terminal acetylenes is 1. The number of aliphatic hydroxyl groups excluding tert-OH is 2. The highest BCUT2D eigenvalue weighted by atomic mass is 31.2. The molecule has 1 aromatic heterocycles. The summed E-state index contributed by atoms with van der Waals surface area (Å²) in [5.41, 5.74) is -1.74. The zero-order chi connectivity index (χ0) is 24.0. The van der Waals surface area contributed by atoms with Gasteiger partial charge in [-0.05, 0) is 6.07 Å². The van der Waals surface area contributed by atoms with Crippen LogP contribution >= 0.6 is 7.82 Å². The largest absolute Gasteiger partial charge is 0.530 e. The Kier molecular flexibility index (Phi) is 5.92. The predicted octanol–water partition coefficient (Wildman–Crippen LogP) is 0.177. The van der Waals surface area contributed by atoms with Crippen molar-refractivity contribution in [2.24, 2.45) is 0 Å². The number of halogens is 1. The summed E-state index contributed by atoms with van der Waals surface area (Å²) in [5, 5.41) is 20.5. The molecule has 3 heterocycles. The summed E-state index contributed by atoms with van der Waals surface area (Å²) in [6.07, 6.45) is 0.0341. The first kappa shape index (κ1) is 23.2. The number of methoxy groups -OCH3 is 1. The zero-order valence-corrected chi connectivity index (χ0v) is 17.9. The third kappa shape index (κ3) is 4.08. The fraction of sp³-hybridized carbons (Fsp3) is 0.368. The quantitative estimate of drug-likeness (QED) is 0.395. The van der Waals surface area contributed by atoms with E-state index in [1.807, 2.05) is 10.9 Å². The lowest BCUT2D eigenvalue weighted by Crippen LogP contribution is -2.43. The second-order valence-electron chi connectivity index (χ2n) is 7.12. The van der Waals surface area contributed by atoms with Crippen LogP contribution < -0.4 is 20.5 Å². The van der Waals surface area contributed by atoms with E-state index < -0.39 is 50.0 Å². The van der Waals surface area contributed by atoms with Crippen molar-refractivity contribution < 1.29 is 42.2 Å². The molecule has 14 heteroatoms. The van der Waals surface area contributed by atoms with Crippen LogP contribution in [0.5, 0.6) is 11.5 Å². The van der Waals surface area contributed by atoms with Crippen LogP contribution in [0.15, 0.2) is 34.0 Å². The fourth-order valence-electron chi connectivity index (χ4n) is 3.33.